The van der Waals surface area contributed by atoms with Crippen LogP contribution in [0.2, 0.25) is 0 Å². The lowest BCUT2D eigenvalue weighted by molar-refractivity contribution is -0.121. The Bertz CT molecular complexity index is 1030. The summed E-state index contributed by atoms with van der Waals surface area (Å²) in [7, 11) is 0. The van der Waals surface area contributed by atoms with Crippen molar-refractivity contribution in [2.75, 3.05) is 23.4 Å². The van der Waals surface area contributed by atoms with Gasteiger partial charge in [0, 0.05) is 19.0 Å². The fourth-order valence-corrected chi connectivity index (χ4v) is 3.13. The van der Waals surface area contributed by atoms with E-state index in [4.69, 9.17) is 21.1 Å². The first-order chi connectivity index (χ1) is 13.2. The van der Waals surface area contributed by atoms with E-state index in [1.165, 1.54) is 17.3 Å². The van der Waals surface area contributed by atoms with E-state index in [0.29, 0.717) is 42.3 Å². The molecule has 1 saturated heterocycles. The molecule has 1 amide bonds. The van der Waals surface area contributed by atoms with Crippen molar-refractivity contribution >= 4 is 24.0 Å². The van der Waals surface area contributed by atoms with Crippen LogP contribution >= 0.6 is 12.2 Å². The molecule has 3 aromatic rings. The lowest BCUT2D eigenvalue weighted by Gasteiger charge is -2.30. The number of anilines is 1. The van der Waals surface area contributed by atoms with Crippen molar-refractivity contribution in [2.45, 2.75) is 12.8 Å². The molecule has 0 aromatic carbocycles. The minimum Gasteiger partial charge on any atom is -0.459 e. The van der Waals surface area contributed by atoms with Crippen LogP contribution in [0.4, 0.5) is 5.88 Å². The van der Waals surface area contributed by atoms with Gasteiger partial charge in [0.1, 0.15) is 12.4 Å². The first kappa shape index (κ1) is 17.0. The van der Waals surface area contributed by atoms with Crippen molar-refractivity contribution in [1.82, 2.24) is 19.9 Å². The summed E-state index contributed by atoms with van der Waals surface area (Å²) in [5.74, 6) is 0.835. The molecule has 1 aliphatic rings. The molecule has 0 radical (unpaired) electrons. The van der Waals surface area contributed by atoms with Crippen molar-refractivity contribution in [3.63, 3.8) is 0 Å². The average Bonchev–Trinajstić information content (AvgIpc) is 3.43. The van der Waals surface area contributed by atoms with E-state index in [1.807, 2.05) is 4.90 Å². The minimum atomic E-state index is -0.170. The Hall–Kier alpha value is -3.39. The lowest BCUT2D eigenvalue weighted by Crippen LogP contribution is -2.40. The van der Waals surface area contributed by atoms with Crippen LogP contribution in [0, 0.1) is 22.0 Å². The number of hydrogen-bond donors (Lipinski definition) is 2. The molecular formula is C16H15N7O3S. The summed E-state index contributed by atoms with van der Waals surface area (Å²) in [6.07, 6.45) is 4.15. The molecule has 0 aliphatic carbocycles. The molecule has 4 rings (SSSR count). The Kier molecular flexibility index (Phi) is 4.47. The topological polar surface area (TPSA) is 129 Å². The Balaban J connectivity index is 1.43. The molecular weight excluding hydrogens is 370 g/mol. The Morgan fingerprint density at radius 1 is 1.44 bits per heavy atom. The number of aromatic nitrogens is 4. The second-order valence-electron chi connectivity index (χ2n) is 6.03. The highest BCUT2D eigenvalue weighted by Gasteiger charge is 2.29. The van der Waals surface area contributed by atoms with Gasteiger partial charge in [-0.05, 0) is 37.2 Å². The summed E-state index contributed by atoms with van der Waals surface area (Å²) in [5, 5.41) is 15.7. The van der Waals surface area contributed by atoms with Gasteiger partial charge in [0.15, 0.2) is 5.76 Å². The molecule has 1 fully saturated rings. The fourth-order valence-electron chi connectivity index (χ4n) is 2.99. The number of aromatic amines is 1. The number of amides is 1. The largest absolute Gasteiger partial charge is 0.459 e. The Labute approximate surface area is 158 Å². The fraction of sp³-hybridized carbons (Fsp3) is 0.312. The van der Waals surface area contributed by atoms with Crippen LogP contribution in [0.25, 0.3) is 11.7 Å². The quantitative estimate of drug-likeness (QED) is 0.653. The SMILES string of the molecule is N#Cc1nc(-c2ccco2)oc1N1CCC(C(=O)Nn2cn[nH]c2=S)CC1. The molecule has 11 heteroatoms. The van der Waals surface area contributed by atoms with Crippen LogP contribution in [0.1, 0.15) is 18.5 Å². The maximum atomic E-state index is 12.4. The molecule has 4 heterocycles. The number of carbonyl (C=O) groups excluding carboxylic acids is 1. The Morgan fingerprint density at radius 2 is 2.26 bits per heavy atom. The van der Waals surface area contributed by atoms with Crippen LogP contribution in [0.15, 0.2) is 33.6 Å². The van der Waals surface area contributed by atoms with E-state index in [1.54, 1.807) is 12.1 Å². The van der Waals surface area contributed by atoms with Gasteiger partial charge in [-0.15, -0.1) is 0 Å². The number of hydrogen-bond acceptors (Lipinski definition) is 8. The van der Waals surface area contributed by atoms with Crippen molar-refractivity contribution < 1.29 is 13.6 Å². The number of rotatable bonds is 4. The van der Waals surface area contributed by atoms with Crippen molar-refractivity contribution in [2.24, 2.45) is 5.92 Å². The van der Waals surface area contributed by atoms with Crippen molar-refractivity contribution in [3.05, 3.63) is 35.2 Å². The van der Waals surface area contributed by atoms with E-state index >= 15 is 0 Å². The predicted octanol–water partition coefficient (Wildman–Crippen LogP) is 2.05. The minimum absolute atomic E-state index is 0.124. The van der Waals surface area contributed by atoms with Crippen LogP contribution in [-0.4, -0.2) is 38.9 Å². The third-order valence-electron chi connectivity index (χ3n) is 4.38. The number of furan rings is 1. The number of nitrogens with zero attached hydrogens (tertiary/aromatic N) is 5. The maximum absolute atomic E-state index is 12.4. The number of piperidine rings is 1. The number of oxazole rings is 1. The van der Waals surface area contributed by atoms with E-state index < -0.39 is 0 Å². The third-order valence-corrected chi connectivity index (χ3v) is 4.67. The summed E-state index contributed by atoms with van der Waals surface area (Å²) >= 11 is 5.02. The number of carbonyl (C=O) groups is 1. The zero-order valence-corrected chi connectivity index (χ0v) is 14.9. The van der Waals surface area contributed by atoms with E-state index in [-0.39, 0.29) is 23.4 Å². The number of H-pyrrole nitrogens is 1. The predicted molar refractivity (Wildman–Crippen MR) is 95.6 cm³/mol. The monoisotopic (exact) mass is 385 g/mol. The number of nitriles is 1. The number of nitrogens with one attached hydrogen (secondary N) is 2. The Morgan fingerprint density at radius 3 is 2.89 bits per heavy atom. The molecule has 0 saturated carbocycles. The van der Waals surface area contributed by atoms with Crippen LogP contribution < -0.4 is 10.3 Å². The molecule has 0 atom stereocenters. The van der Waals surface area contributed by atoms with E-state index in [0.717, 1.165) is 0 Å². The van der Waals surface area contributed by atoms with Crippen LogP contribution in [0.5, 0.6) is 0 Å². The molecule has 1 aliphatic heterocycles. The van der Waals surface area contributed by atoms with Gasteiger partial charge in [-0.1, -0.05) is 0 Å². The van der Waals surface area contributed by atoms with Gasteiger partial charge in [-0.25, -0.2) is 4.68 Å². The maximum Gasteiger partial charge on any atom is 0.266 e. The normalized spacial score (nSPS) is 14.9. The summed E-state index contributed by atoms with van der Waals surface area (Å²) < 4.78 is 12.7. The van der Waals surface area contributed by atoms with Crippen LogP contribution in [0.3, 0.4) is 0 Å². The van der Waals surface area contributed by atoms with Gasteiger partial charge in [0.25, 0.3) is 5.89 Å². The van der Waals surface area contributed by atoms with Gasteiger partial charge in [-0.2, -0.15) is 15.3 Å². The van der Waals surface area contributed by atoms with Gasteiger partial charge in [0.05, 0.1) is 6.26 Å². The smallest absolute Gasteiger partial charge is 0.266 e. The van der Waals surface area contributed by atoms with Gasteiger partial charge >= 0.3 is 0 Å². The third kappa shape index (κ3) is 3.34. The molecule has 0 spiro atoms. The molecule has 27 heavy (non-hydrogen) atoms. The van der Waals surface area contributed by atoms with Crippen molar-refractivity contribution in [1.29, 1.82) is 5.26 Å². The molecule has 3 aromatic heterocycles. The highest BCUT2D eigenvalue weighted by atomic mass is 32.1. The average molecular weight is 385 g/mol. The summed E-state index contributed by atoms with van der Waals surface area (Å²) in [5.41, 5.74) is 2.92. The molecule has 0 bridgehead atoms. The second kappa shape index (κ2) is 7.08. The van der Waals surface area contributed by atoms with E-state index in [2.05, 4.69) is 26.7 Å². The highest BCUT2D eigenvalue weighted by Crippen LogP contribution is 2.31. The summed E-state index contributed by atoms with van der Waals surface area (Å²) in [6.45, 7) is 1.13. The summed E-state index contributed by atoms with van der Waals surface area (Å²) in [6, 6.07) is 5.49. The van der Waals surface area contributed by atoms with Crippen LogP contribution in [-0.2, 0) is 4.79 Å². The summed E-state index contributed by atoms with van der Waals surface area (Å²) in [4.78, 5) is 18.5. The van der Waals surface area contributed by atoms with Gasteiger partial charge in [-0.3, -0.25) is 15.3 Å². The second-order valence-corrected chi connectivity index (χ2v) is 6.42. The first-order valence-electron chi connectivity index (χ1n) is 8.28. The molecule has 0 unspecified atom stereocenters. The lowest BCUT2D eigenvalue weighted by atomic mass is 9.96. The first-order valence-corrected chi connectivity index (χ1v) is 8.69. The molecule has 10 nitrogen and oxygen atoms in total. The zero-order chi connectivity index (χ0) is 18.8. The van der Waals surface area contributed by atoms with Gasteiger partial charge < -0.3 is 13.7 Å². The zero-order valence-electron chi connectivity index (χ0n) is 14.1. The highest BCUT2D eigenvalue weighted by molar-refractivity contribution is 7.71. The molecule has 2 N–H and O–H groups in total. The standard InChI is InChI=1S/C16H15N7O3S/c17-8-11-15(26-14(19-11)12-2-1-7-25-12)22-5-3-10(4-6-22)13(24)21-23-9-18-20-16(23)27/h1-2,7,9-10H,3-6H2,(H,20,27)(H,21,24). The van der Waals surface area contributed by atoms with Crippen molar-refractivity contribution in [3.8, 4) is 17.7 Å². The van der Waals surface area contributed by atoms with E-state index in [9.17, 15) is 10.1 Å². The van der Waals surface area contributed by atoms with Gasteiger partial charge in [0.2, 0.25) is 22.3 Å². The molecule has 138 valence electrons.